The molecule has 0 aromatic heterocycles. The lowest BCUT2D eigenvalue weighted by Crippen LogP contribution is -1.99. The summed E-state index contributed by atoms with van der Waals surface area (Å²) in [7, 11) is 0. The van der Waals surface area contributed by atoms with E-state index in [1.165, 1.54) is 12.8 Å². The van der Waals surface area contributed by atoms with Crippen LogP contribution in [-0.2, 0) is 0 Å². The fourth-order valence-electron chi connectivity index (χ4n) is 1.51. The average molecular weight is 206 g/mol. The molecule has 0 atom stereocenters. The van der Waals surface area contributed by atoms with Crippen LogP contribution in [0.3, 0.4) is 0 Å². The Morgan fingerprint density at radius 2 is 2.13 bits per heavy atom. The van der Waals surface area contributed by atoms with Crippen LogP contribution in [0.1, 0.15) is 38.2 Å². The molecule has 2 nitrogen and oxygen atoms in total. The first kappa shape index (κ1) is 10.3. The van der Waals surface area contributed by atoms with E-state index in [1.807, 2.05) is 12.1 Å². The SMILES string of the molecule is CC(C)c1ccc(OCC2CC2)c(O)c1. The lowest BCUT2D eigenvalue weighted by Gasteiger charge is -2.10. The first-order valence-corrected chi connectivity index (χ1v) is 5.62. The molecule has 1 fully saturated rings. The summed E-state index contributed by atoms with van der Waals surface area (Å²) in [5.41, 5.74) is 1.14. The molecule has 1 aliphatic carbocycles. The van der Waals surface area contributed by atoms with Crippen LogP contribution in [0.25, 0.3) is 0 Å². The van der Waals surface area contributed by atoms with E-state index in [2.05, 4.69) is 13.8 Å². The molecule has 15 heavy (non-hydrogen) atoms. The molecule has 2 rings (SSSR count). The maximum absolute atomic E-state index is 9.75. The van der Waals surface area contributed by atoms with Gasteiger partial charge in [0, 0.05) is 0 Å². The largest absolute Gasteiger partial charge is 0.504 e. The summed E-state index contributed by atoms with van der Waals surface area (Å²) in [4.78, 5) is 0. The van der Waals surface area contributed by atoms with Crippen molar-refractivity contribution in [3.05, 3.63) is 23.8 Å². The fraction of sp³-hybridized carbons (Fsp3) is 0.538. The minimum absolute atomic E-state index is 0.266. The van der Waals surface area contributed by atoms with E-state index in [1.54, 1.807) is 6.07 Å². The number of hydrogen-bond donors (Lipinski definition) is 1. The van der Waals surface area contributed by atoms with Gasteiger partial charge in [-0.1, -0.05) is 19.9 Å². The summed E-state index contributed by atoms with van der Waals surface area (Å²) in [5, 5.41) is 9.75. The predicted octanol–water partition coefficient (Wildman–Crippen LogP) is 3.30. The lowest BCUT2D eigenvalue weighted by atomic mass is 10.0. The molecule has 0 radical (unpaired) electrons. The Morgan fingerprint density at radius 1 is 1.40 bits per heavy atom. The van der Waals surface area contributed by atoms with Crippen molar-refractivity contribution in [1.29, 1.82) is 0 Å². The summed E-state index contributed by atoms with van der Waals surface area (Å²) in [6.07, 6.45) is 2.54. The van der Waals surface area contributed by atoms with Crippen molar-refractivity contribution in [2.45, 2.75) is 32.6 Å². The highest BCUT2D eigenvalue weighted by atomic mass is 16.5. The minimum atomic E-state index is 0.266. The smallest absolute Gasteiger partial charge is 0.160 e. The van der Waals surface area contributed by atoms with Gasteiger partial charge in [0.25, 0.3) is 0 Å². The van der Waals surface area contributed by atoms with Crippen molar-refractivity contribution < 1.29 is 9.84 Å². The summed E-state index contributed by atoms with van der Waals surface area (Å²) >= 11 is 0. The number of aromatic hydroxyl groups is 1. The van der Waals surface area contributed by atoms with E-state index in [-0.39, 0.29) is 5.75 Å². The van der Waals surface area contributed by atoms with Crippen LogP contribution >= 0.6 is 0 Å². The molecule has 0 unspecified atom stereocenters. The van der Waals surface area contributed by atoms with E-state index in [0.29, 0.717) is 17.6 Å². The monoisotopic (exact) mass is 206 g/mol. The Balaban J connectivity index is 2.04. The second kappa shape index (κ2) is 4.13. The van der Waals surface area contributed by atoms with Crippen molar-refractivity contribution in [3.63, 3.8) is 0 Å². The molecule has 1 aliphatic rings. The van der Waals surface area contributed by atoms with Crippen LogP contribution in [0.4, 0.5) is 0 Å². The Bertz CT molecular complexity index is 340. The van der Waals surface area contributed by atoms with Gasteiger partial charge >= 0.3 is 0 Å². The number of phenolic OH excluding ortho intramolecular Hbond substituents is 1. The molecule has 0 heterocycles. The van der Waals surface area contributed by atoms with Gasteiger partial charge in [0.05, 0.1) is 6.61 Å². The molecule has 0 bridgehead atoms. The molecule has 0 aliphatic heterocycles. The second-order valence-corrected chi connectivity index (χ2v) is 4.64. The van der Waals surface area contributed by atoms with Crippen molar-refractivity contribution in [2.24, 2.45) is 5.92 Å². The Hall–Kier alpha value is -1.18. The van der Waals surface area contributed by atoms with Gasteiger partial charge < -0.3 is 9.84 Å². The number of hydrogen-bond acceptors (Lipinski definition) is 2. The van der Waals surface area contributed by atoms with Crippen molar-refractivity contribution in [1.82, 2.24) is 0 Å². The van der Waals surface area contributed by atoms with E-state index >= 15 is 0 Å². The number of phenols is 1. The highest BCUT2D eigenvalue weighted by Crippen LogP contribution is 2.33. The molecule has 82 valence electrons. The molecular formula is C13H18O2. The zero-order chi connectivity index (χ0) is 10.8. The summed E-state index contributed by atoms with van der Waals surface area (Å²) in [5.74, 6) is 2.04. The van der Waals surface area contributed by atoms with E-state index < -0.39 is 0 Å². The van der Waals surface area contributed by atoms with Crippen LogP contribution in [0.15, 0.2) is 18.2 Å². The topological polar surface area (TPSA) is 29.5 Å². The normalized spacial score (nSPS) is 15.7. The number of rotatable bonds is 4. The third kappa shape index (κ3) is 2.65. The van der Waals surface area contributed by atoms with Gasteiger partial charge in [0.2, 0.25) is 0 Å². The number of ether oxygens (including phenoxy) is 1. The molecule has 1 aromatic rings. The van der Waals surface area contributed by atoms with Gasteiger partial charge in [-0.3, -0.25) is 0 Å². The Kier molecular flexibility index (Phi) is 2.85. The highest BCUT2D eigenvalue weighted by molar-refractivity contribution is 5.42. The van der Waals surface area contributed by atoms with Crippen LogP contribution in [0, 0.1) is 5.92 Å². The molecule has 1 N–H and O–H groups in total. The molecule has 1 aromatic carbocycles. The van der Waals surface area contributed by atoms with Crippen molar-refractivity contribution >= 4 is 0 Å². The third-order valence-corrected chi connectivity index (χ3v) is 2.82. The zero-order valence-corrected chi connectivity index (χ0v) is 9.36. The maximum atomic E-state index is 9.75. The van der Waals surface area contributed by atoms with E-state index in [9.17, 15) is 5.11 Å². The van der Waals surface area contributed by atoms with Crippen molar-refractivity contribution in [2.75, 3.05) is 6.61 Å². The second-order valence-electron chi connectivity index (χ2n) is 4.64. The predicted molar refractivity (Wildman–Crippen MR) is 60.4 cm³/mol. The van der Waals surface area contributed by atoms with Gasteiger partial charge in [-0.15, -0.1) is 0 Å². The molecule has 2 heteroatoms. The lowest BCUT2D eigenvalue weighted by molar-refractivity contribution is 0.284. The average Bonchev–Trinajstić information content (AvgIpc) is 2.99. The molecule has 1 saturated carbocycles. The highest BCUT2D eigenvalue weighted by Gasteiger charge is 2.22. The first-order chi connectivity index (χ1) is 7.16. The van der Waals surface area contributed by atoms with Gasteiger partial charge in [0.15, 0.2) is 11.5 Å². The minimum Gasteiger partial charge on any atom is -0.504 e. The summed E-state index contributed by atoms with van der Waals surface area (Å²) < 4.78 is 5.55. The fourth-order valence-corrected chi connectivity index (χ4v) is 1.51. The van der Waals surface area contributed by atoms with Crippen LogP contribution in [-0.4, -0.2) is 11.7 Å². The Morgan fingerprint density at radius 3 is 2.67 bits per heavy atom. The van der Waals surface area contributed by atoms with E-state index in [0.717, 1.165) is 12.2 Å². The molecule has 0 spiro atoms. The van der Waals surface area contributed by atoms with Crippen molar-refractivity contribution in [3.8, 4) is 11.5 Å². The van der Waals surface area contributed by atoms with Crippen LogP contribution in [0.2, 0.25) is 0 Å². The van der Waals surface area contributed by atoms with E-state index in [4.69, 9.17) is 4.74 Å². The first-order valence-electron chi connectivity index (χ1n) is 5.62. The summed E-state index contributed by atoms with van der Waals surface area (Å²) in [6.45, 7) is 4.97. The summed E-state index contributed by atoms with van der Waals surface area (Å²) in [6, 6.07) is 5.69. The van der Waals surface area contributed by atoms with Gasteiger partial charge in [-0.05, 0) is 42.4 Å². The molecule has 0 saturated heterocycles. The van der Waals surface area contributed by atoms with Crippen LogP contribution in [0.5, 0.6) is 11.5 Å². The van der Waals surface area contributed by atoms with Gasteiger partial charge in [0.1, 0.15) is 0 Å². The zero-order valence-electron chi connectivity index (χ0n) is 9.36. The molecular weight excluding hydrogens is 188 g/mol. The Labute approximate surface area is 90.9 Å². The molecule has 0 amide bonds. The van der Waals surface area contributed by atoms with Crippen LogP contribution < -0.4 is 4.74 Å². The quantitative estimate of drug-likeness (QED) is 0.819. The third-order valence-electron chi connectivity index (χ3n) is 2.82. The van der Waals surface area contributed by atoms with Gasteiger partial charge in [-0.2, -0.15) is 0 Å². The standard InChI is InChI=1S/C13H18O2/c1-9(2)11-5-6-13(12(14)7-11)15-8-10-3-4-10/h5-7,9-10,14H,3-4,8H2,1-2H3. The maximum Gasteiger partial charge on any atom is 0.160 e. The van der Waals surface area contributed by atoms with Gasteiger partial charge in [-0.25, -0.2) is 0 Å². The number of benzene rings is 1.